The fourth-order valence-electron chi connectivity index (χ4n) is 18.6. The molecular formula is C104H70Cl2F6N14O18. The Morgan fingerprint density at radius 3 is 1.18 bits per heavy atom. The Balaban J connectivity index is 0.000000117. The van der Waals surface area contributed by atoms with E-state index in [1.807, 2.05) is 38.1 Å². The van der Waals surface area contributed by atoms with E-state index in [9.17, 15) is 81.5 Å². The van der Waals surface area contributed by atoms with Crippen LogP contribution >= 0.6 is 23.2 Å². The number of hydrogen-bond acceptors (Lipinski definition) is 17. The molecule has 32 nitrogen and oxygen atoms in total. The van der Waals surface area contributed by atoms with Gasteiger partial charge in [-0.25, -0.2) is 55.5 Å². The molecule has 1 aliphatic carbocycles. The number of H-pyrrole nitrogens is 4. The zero-order chi connectivity index (χ0) is 101. The van der Waals surface area contributed by atoms with E-state index in [2.05, 4.69) is 45.6 Å². The molecule has 1 saturated carbocycles. The van der Waals surface area contributed by atoms with Crippen molar-refractivity contribution >= 4 is 174 Å². The van der Waals surface area contributed by atoms with Crippen molar-refractivity contribution in [2.24, 2.45) is 7.05 Å². The van der Waals surface area contributed by atoms with E-state index in [4.69, 9.17) is 40.9 Å². The van der Waals surface area contributed by atoms with Gasteiger partial charge < -0.3 is 86.9 Å². The van der Waals surface area contributed by atoms with Crippen LogP contribution in [-0.4, -0.2) is 120 Å². The van der Waals surface area contributed by atoms with Crippen LogP contribution in [0.1, 0.15) is 106 Å². The number of nitrogens with one attached hydrogen (secondary N) is 6. The maximum atomic E-state index is 15.1. The Labute approximate surface area is 810 Å². The van der Waals surface area contributed by atoms with Crippen LogP contribution in [0.3, 0.4) is 0 Å². The Hall–Kier alpha value is -18.3. The lowest BCUT2D eigenvalue weighted by Crippen LogP contribution is -2.25. The molecule has 0 bridgehead atoms. The molecule has 0 spiro atoms. The first kappa shape index (κ1) is 93.3. The second kappa shape index (κ2) is 36.8. The van der Waals surface area contributed by atoms with E-state index >= 15 is 13.2 Å². The maximum absolute atomic E-state index is 15.1. The standard InChI is InChI=1S/C27H17ClFN3O4.C27H19F2N3O5.C25H17ClFN5O4.C25H17F2N3O5/c1-13-4-5-19-14(9-13)10-15(25(28)31-19)12-32-20-11-18(29)16-6-8-36-24(16)22(20)21(23(32)27(34)35)17-3-2-7-30-26(17)33;28-18-6-3-13(25(33)31-15-4-5-15)10-14(18)12-32-20-11-19(29)16-7-9-37-24(16)22(20)21(23(32)27(35)36)17-2-1-8-30-26(17)34;1-11-15-8-12(22(26)29-23(15)31(2)30-11)10-32-17-9-16(27)13-5-7-36-21(13)19(17)18(20(32)25(34)35)14-4-3-6-28-24(14)33;1-12(31)29-14-5-4-13(17(26)9-14)11-30-19-10-18(27)15-6-8-35-23(15)21(19)20(22(30)25(33)34)16-3-2-7-28-24(16)32/h2-11H,12H2,1H3,(H,30,33)(H,34,35);1-3,6-11,15H,4-5,12H2,(H,30,34)(H,31,33)(H,35,36);3-9H,10H2,1-2H3,(H,28,33)(H,34,35);2-10H,11H2,1H3,(H,28,32)(H,29,31)(H,33,34). The Morgan fingerprint density at radius 2 is 0.806 bits per heavy atom. The number of aromatic nitrogens is 12. The first-order valence-electron chi connectivity index (χ1n) is 43.9. The average molecular weight is 1990 g/mol. The summed E-state index contributed by atoms with van der Waals surface area (Å²) in [5.41, 5.74) is 3.29. The van der Waals surface area contributed by atoms with Crippen molar-refractivity contribution in [2.45, 2.75) is 65.8 Å². The number of benzene rings is 7. The van der Waals surface area contributed by atoms with Crippen molar-refractivity contribution in [1.29, 1.82) is 0 Å². The normalized spacial score (nSPS) is 12.0. The maximum Gasteiger partial charge on any atom is 0.353 e. The highest BCUT2D eigenvalue weighted by atomic mass is 35.5. The van der Waals surface area contributed by atoms with E-state index in [0.29, 0.717) is 33.1 Å². The molecule has 1 fully saturated rings. The highest BCUT2D eigenvalue weighted by Crippen LogP contribution is 2.47. The van der Waals surface area contributed by atoms with Gasteiger partial charge in [-0.15, -0.1) is 0 Å². The summed E-state index contributed by atoms with van der Waals surface area (Å²) >= 11 is 13.0. The van der Waals surface area contributed by atoms with Crippen molar-refractivity contribution in [2.75, 3.05) is 5.32 Å². The highest BCUT2D eigenvalue weighted by Gasteiger charge is 2.37. The lowest BCUT2D eigenvalue weighted by molar-refractivity contribution is -0.114. The molecule has 15 heterocycles. The largest absolute Gasteiger partial charge is 0.477 e. The van der Waals surface area contributed by atoms with Crippen molar-refractivity contribution in [1.82, 2.24) is 63.3 Å². The molecule has 1 aliphatic rings. The number of carbonyl (C=O) groups excluding carboxylic acids is 2. The van der Waals surface area contributed by atoms with E-state index in [1.54, 1.807) is 29.9 Å². The number of aryl methyl sites for hydroxylation is 3. The molecule has 0 unspecified atom stereocenters. The predicted molar refractivity (Wildman–Crippen MR) is 522 cm³/mol. The summed E-state index contributed by atoms with van der Waals surface area (Å²) in [5, 5.41) is 54.4. The number of nitrogens with zero attached hydrogens (tertiary/aromatic N) is 8. The van der Waals surface area contributed by atoms with Gasteiger partial charge in [0.15, 0.2) is 5.65 Å². The van der Waals surface area contributed by atoms with Gasteiger partial charge in [0.2, 0.25) is 5.91 Å². The SMILES string of the molecule is CC(=O)Nc1ccc(Cn2c(C(=O)O)c(-c3ccc[nH]c3=O)c3c4occc4c(F)cc32)c(F)c1.Cc1ccc2nc(Cl)c(Cn3c(C(=O)O)c(-c4ccc[nH]c4=O)c4c5occc5c(F)cc43)cc2c1.Cc1nn(C)c2nc(Cl)c(Cn3c(C(=O)O)c(-c4ccc[nH]c4=O)c4c5occc5c(F)cc43)cc12.O=C(NC1CC1)c1ccc(F)c(Cn2c(C(=O)O)c(-c3ccc[nH]c3=O)c3c4occc4c(F)cc32)c1. The van der Waals surface area contributed by atoms with Gasteiger partial charge in [0.05, 0.1) is 150 Å². The number of fused-ring (bicyclic) bond motifs is 14. The lowest BCUT2D eigenvalue weighted by Gasteiger charge is -2.12. The molecule has 23 rings (SSSR count). The van der Waals surface area contributed by atoms with Crippen LogP contribution in [0.15, 0.2) is 250 Å². The second-order valence-corrected chi connectivity index (χ2v) is 34.7. The number of anilines is 1. The van der Waals surface area contributed by atoms with E-state index in [-0.39, 0.29) is 221 Å². The minimum atomic E-state index is -1.40. The van der Waals surface area contributed by atoms with Gasteiger partial charge in [0.1, 0.15) is 90.3 Å². The van der Waals surface area contributed by atoms with Crippen molar-refractivity contribution in [3.05, 3.63) is 362 Å². The van der Waals surface area contributed by atoms with Crippen molar-refractivity contribution < 1.29 is 93.2 Å². The van der Waals surface area contributed by atoms with Crippen molar-refractivity contribution in [3.8, 4) is 44.5 Å². The van der Waals surface area contributed by atoms with Crippen molar-refractivity contribution in [3.63, 3.8) is 0 Å². The number of rotatable bonds is 19. The van der Waals surface area contributed by atoms with Crippen LogP contribution in [0, 0.1) is 48.8 Å². The molecule has 2 amide bonds. The van der Waals surface area contributed by atoms with Gasteiger partial charge in [0.25, 0.3) is 28.1 Å². The monoisotopic (exact) mass is 1990 g/mol. The summed E-state index contributed by atoms with van der Waals surface area (Å²) < 4.78 is 119. The van der Waals surface area contributed by atoms with Gasteiger partial charge in [-0.1, -0.05) is 40.9 Å². The summed E-state index contributed by atoms with van der Waals surface area (Å²) in [6.45, 7) is 4.36. The number of pyridine rings is 6. The van der Waals surface area contributed by atoms with Crippen LogP contribution in [0.25, 0.3) is 154 Å². The summed E-state index contributed by atoms with van der Waals surface area (Å²) in [7, 11) is 1.75. The molecule has 15 aromatic heterocycles. The van der Waals surface area contributed by atoms with Gasteiger partial charge >= 0.3 is 23.9 Å². The number of carbonyl (C=O) groups is 6. The molecule has 22 aromatic rings. The number of halogens is 8. The fourth-order valence-corrected chi connectivity index (χ4v) is 19.0. The summed E-state index contributed by atoms with van der Waals surface area (Å²) in [6, 6.07) is 40.0. The van der Waals surface area contributed by atoms with E-state index in [0.717, 1.165) is 59.1 Å². The lowest BCUT2D eigenvalue weighted by atomic mass is 10.0. The first-order valence-corrected chi connectivity index (χ1v) is 44.7. The van der Waals surface area contributed by atoms with Crippen LogP contribution < -0.4 is 32.9 Å². The molecule has 0 atom stereocenters. The summed E-state index contributed by atoms with van der Waals surface area (Å²) in [5.74, 6) is -9.98. The molecule has 7 aromatic carbocycles. The predicted octanol–water partition coefficient (Wildman–Crippen LogP) is 20.4. The number of furan rings is 4. The zero-order valence-electron chi connectivity index (χ0n) is 75.1. The minimum absolute atomic E-state index is 0.0207. The molecule has 0 radical (unpaired) electrons. The van der Waals surface area contributed by atoms with Crippen LogP contribution in [0.4, 0.5) is 32.0 Å². The highest BCUT2D eigenvalue weighted by molar-refractivity contribution is 6.31. The fraction of sp³-hybridized carbons (Fsp3) is 0.106. The molecule has 0 saturated heterocycles. The first-order chi connectivity index (χ1) is 69.2. The number of amides is 2. The smallest absolute Gasteiger partial charge is 0.353 e. The van der Waals surface area contributed by atoms with Crippen LogP contribution in [0.2, 0.25) is 10.3 Å². The third-order valence-corrected chi connectivity index (χ3v) is 25.6. The molecule has 0 aliphatic heterocycles. The van der Waals surface area contributed by atoms with Gasteiger partial charge in [-0.3, -0.25) is 33.4 Å². The Morgan fingerprint density at radius 1 is 0.424 bits per heavy atom. The Kier molecular flexibility index (Phi) is 23.8. The number of aromatic amines is 4. The number of aromatic carboxylic acids is 4. The molecule has 40 heteroatoms. The molecular weight excluding hydrogens is 1920 g/mol. The quantitative estimate of drug-likeness (QED) is 0.0265. The second-order valence-electron chi connectivity index (χ2n) is 34.0. The molecule has 10 N–H and O–H groups in total. The number of hydrogen-bond donors (Lipinski definition) is 10. The number of carboxylic acid groups (broad SMARTS) is 4. The van der Waals surface area contributed by atoms with Gasteiger partial charge in [-0.05, 0) is 178 Å². The number of carboxylic acids is 4. The third-order valence-electron chi connectivity index (χ3n) is 25.0. The minimum Gasteiger partial charge on any atom is -0.477 e. The van der Waals surface area contributed by atoms with Crippen LogP contribution in [0.5, 0.6) is 0 Å². The van der Waals surface area contributed by atoms with E-state index in [1.165, 1.54) is 172 Å². The topological polar surface area (TPSA) is 455 Å². The average Bonchev–Trinajstić information content (AvgIpc) is 1.58. The van der Waals surface area contributed by atoms with E-state index < -0.39 is 81.0 Å². The third kappa shape index (κ3) is 16.5. The molecule has 720 valence electrons. The summed E-state index contributed by atoms with van der Waals surface area (Å²) in [4.78, 5) is 144. The molecule has 144 heavy (non-hydrogen) atoms. The van der Waals surface area contributed by atoms with Gasteiger partial charge in [-0.2, -0.15) is 5.10 Å². The zero-order valence-corrected chi connectivity index (χ0v) is 76.6. The van der Waals surface area contributed by atoms with Gasteiger partial charge in [0, 0.05) is 111 Å². The van der Waals surface area contributed by atoms with Crippen LogP contribution in [-0.2, 0) is 38.0 Å². The summed E-state index contributed by atoms with van der Waals surface area (Å²) in [6.07, 6.45) is 12.7. The Bertz CT molecular complexity index is 9510.